The maximum Gasteiger partial charge on any atom is 0.511 e. The number of aromatic nitrogens is 4. The van der Waals surface area contributed by atoms with Gasteiger partial charge in [0.05, 0.1) is 6.54 Å². The van der Waals surface area contributed by atoms with Crippen molar-refractivity contribution in [3.63, 3.8) is 0 Å². The van der Waals surface area contributed by atoms with Crippen LogP contribution in [0, 0.1) is 0 Å². The molecule has 33 heavy (non-hydrogen) atoms. The molecule has 168 valence electrons. The summed E-state index contributed by atoms with van der Waals surface area (Å²) in [6, 6.07) is 21.3. The molecule has 2 aromatic carbocycles. The van der Waals surface area contributed by atoms with E-state index in [9.17, 15) is 4.79 Å². The zero-order valence-corrected chi connectivity index (χ0v) is 18.5. The van der Waals surface area contributed by atoms with Gasteiger partial charge in [0.25, 0.3) is 0 Å². The van der Waals surface area contributed by atoms with E-state index in [-0.39, 0.29) is 5.75 Å². The summed E-state index contributed by atoms with van der Waals surface area (Å²) in [7, 11) is 0. The molecule has 0 fully saturated rings. The first-order chi connectivity index (χ1) is 16.1. The molecule has 0 amide bonds. The minimum Gasteiger partial charge on any atom is -0.449 e. The third kappa shape index (κ3) is 5.83. The van der Waals surface area contributed by atoms with Gasteiger partial charge in [-0.1, -0.05) is 67.9 Å². The molecule has 0 aliphatic rings. The molecule has 0 bridgehead atoms. The highest BCUT2D eigenvalue weighted by Crippen LogP contribution is 2.28. The lowest BCUT2D eigenvalue weighted by atomic mass is 10.1. The summed E-state index contributed by atoms with van der Waals surface area (Å²) in [5.41, 5.74) is 3.53. The molecule has 4 rings (SSSR count). The van der Waals surface area contributed by atoms with E-state index in [4.69, 9.17) is 19.9 Å². The van der Waals surface area contributed by atoms with Crippen LogP contribution in [0.2, 0.25) is 0 Å². The maximum absolute atomic E-state index is 11.0. The van der Waals surface area contributed by atoms with Gasteiger partial charge < -0.3 is 9.84 Å². The van der Waals surface area contributed by atoms with E-state index in [1.807, 2.05) is 47.1 Å². The van der Waals surface area contributed by atoms with E-state index in [1.165, 1.54) is 5.56 Å². The number of hydrogen-bond donors (Lipinski definition) is 1. The predicted molar refractivity (Wildman–Crippen MR) is 125 cm³/mol. The minimum atomic E-state index is -1.36. The molecule has 0 aliphatic heterocycles. The molecule has 7 heteroatoms. The average Bonchev–Trinajstić information content (AvgIpc) is 3.19. The predicted octanol–water partition coefficient (Wildman–Crippen LogP) is 5.38. The van der Waals surface area contributed by atoms with Gasteiger partial charge in [-0.2, -0.15) is 5.10 Å². The van der Waals surface area contributed by atoms with Crippen LogP contribution in [0.15, 0.2) is 72.9 Å². The molecule has 0 radical (unpaired) electrons. The Labute approximate surface area is 192 Å². The van der Waals surface area contributed by atoms with Gasteiger partial charge >= 0.3 is 6.16 Å². The molecule has 0 atom stereocenters. The van der Waals surface area contributed by atoms with Crippen molar-refractivity contribution >= 4 is 6.16 Å². The zero-order chi connectivity index (χ0) is 23.0. The van der Waals surface area contributed by atoms with Gasteiger partial charge in [-0.05, 0) is 29.7 Å². The van der Waals surface area contributed by atoms with Crippen molar-refractivity contribution in [3.8, 4) is 17.0 Å². The van der Waals surface area contributed by atoms with E-state index in [1.54, 1.807) is 18.3 Å². The molecule has 0 unspecified atom stereocenters. The van der Waals surface area contributed by atoms with Crippen molar-refractivity contribution in [1.29, 1.82) is 0 Å². The summed E-state index contributed by atoms with van der Waals surface area (Å²) in [4.78, 5) is 20.1. The van der Waals surface area contributed by atoms with Crippen LogP contribution in [0.25, 0.3) is 11.3 Å². The lowest BCUT2D eigenvalue weighted by molar-refractivity contribution is 0.144. The van der Waals surface area contributed by atoms with Gasteiger partial charge in [-0.15, -0.1) is 0 Å². The van der Waals surface area contributed by atoms with Crippen molar-refractivity contribution in [2.75, 3.05) is 0 Å². The first-order valence-electron chi connectivity index (χ1n) is 11.0. The Morgan fingerprint density at radius 3 is 2.52 bits per heavy atom. The Morgan fingerprint density at radius 1 is 1.00 bits per heavy atom. The number of benzene rings is 2. The normalized spacial score (nSPS) is 10.8. The third-order valence-electron chi connectivity index (χ3n) is 5.28. The molecule has 2 heterocycles. The van der Waals surface area contributed by atoms with Crippen LogP contribution >= 0.6 is 0 Å². The Hall–Kier alpha value is -4.00. The van der Waals surface area contributed by atoms with Crippen LogP contribution in [0.5, 0.6) is 5.75 Å². The molecule has 0 saturated carbocycles. The van der Waals surface area contributed by atoms with Crippen LogP contribution in [0.3, 0.4) is 0 Å². The quantitative estimate of drug-likeness (QED) is 0.350. The van der Waals surface area contributed by atoms with Gasteiger partial charge in [0.2, 0.25) is 0 Å². The number of unbranched alkanes of at least 4 members (excludes halogenated alkanes) is 1. The monoisotopic (exact) mass is 442 g/mol. The molecule has 7 nitrogen and oxygen atoms in total. The van der Waals surface area contributed by atoms with Crippen LogP contribution in [0.4, 0.5) is 4.79 Å². The second-order valence-electron chi connectivity index (χ2n) is 7.78. The van der Waals surface area contributed by atoms with Crippen molar-refractivity contribution in [1.82, 2.24) is 19.7 Å². The molecular weight excluding hydrogens is 416 g/mol. The maximum atomic E-state index is 11.0. The number of carboxylic acid groups (broad SMARTS) is 1. The highest BCUT2D eigenvalue weighted by Gasteiger charge is 2.13. The van der Waals surface area contributed by atoms with Crippen LogP contribution in [0.1, 0.15) is 42.5 Å². The van der Waals surface area contributed by atoms with E-state index in [0.717, 1.165) is 42.0 Å². The number of rotatable bonds is 9. The fourth-order valence-electron chi connectivity index (χ4n) is 3.65. The highest BCUT2D eigenvalue weighted by atomic mass is 16.7. The Balaban J connectivity index is 1.54. The topological polar surface area (TPSA) is 90.1 Å². The Morgan fingerprint density at radius 2 is 1.79 bits per heavy atom. The highest BCUT2D eigenvalue weighted by molar-refractivity contribution is 5.71. The second kappa shape index (κ2) is 10.5. The molecular formula is C26H26N4O3. The van der Waals surface area contributed by atoms with Crippen molar-refractivity contribution in [2.45, 2.75) is 39.2 Å². The summed E-state index contributed by atoms with van der Waals surface area (Å²) >= 11 is 0. The van der Waals surface area contributed by atoms with E-state index in [2.05, 4.69) is 24.0 Å². The summed E-state index contributed by atoms with van der Waals surface area (Å²) in [5.74, 6) is 2.03. The van der Waals surface area contributed by atoms with Gasteiger partial charge in [0, 0.05) is 24.6 Å². The van der Waals surface area contributed by atoms with Crippen molar-refractivity contribution in [2.24, 2.45) is 0 Å². The fourth-order valence-corrected chi connectivity index (χ4v) is 3.65. The first kappa shape index (κ1) is 22.2. The van der Waals surface area contributed by atoms with Crippen LogP contribution in [-0.4, -0.2) is 31.0 Å². The Bertz CT molecular complexity index is 1200. The van der Waals surface area contributed by atoms with Crippen LogP contribution < -0.4 is 4.74 Å². The molecule has 4 aromatic rings. The second-order valence-corrected chi connectivity index (χ2v) is 7.78. The lowest BCUT2D eigenvalue weighted by Gasteiger charge is -2.09. The minimum absolute atomic E-state index is 0.210. The number of aryl methyl sites for hydroxylation is 1. The number of pyridine rings is 1. The van der Waals surface area contributed by atoms with Gasteiger partial charge in [0.1, 0.15) is 11.5 Å². The summed E-state index contributed by atoms with van der Waals surface area (Å²) < 4.78 is 6.85. The fraction of sp³-hybridized carbons (Fsp3) is 0.231. The summed E-state index contributed by atoms with van der Waals surface area (Å²) in [5, 5.41) is 13.8. The lowest BCUT2D eigenvalue weighted by Crippen LogP contribution is -2.07. The molecule has 1 N–H and O–H groups in total. The van der Waals surface area contributed by atoms with E-state index < -0.39 is 6.16 Å². The largest absolute Gasteiger partial charge is 0.511 e. The first-order valence-corrected chi connectivity index (χ1v) is 11.0. The van der Waals surface area contributed by atoms with E-state index >= 15 is 0 Å². The van der Waals surface area contributed by atoms with Crippen molar-refractivity contribution in [3.05, 3.63) is 95.7 Å². The molecule has 0 spiro atoms. The summed E-state index contributed by atoms with van der Waals surface area (Å²) in [6.07, 6.45) is 4.01. The smallest absolute Gasteiger partial charge is 0.449 e. The SMILES string of the molecule is CCCCc1nc(Cc2ccccc2)nn1Cc1ccc(-c2ncccc2OC(=O)O)cc1. The zero-order valence-electron chi connectivity index (χ0n) is 18.5. The van der Waals surface area contributed by atoms with Gasteiger partial charge in [-0.25, -0.2) is 14.5 Å². The number of hydrogen-bond acceptors (Lipinski definition) is 5. The number of carbonyl (C=O) groups is 1. The van der Waals surface area contributed by atoms with Gasteiger partial charge in [0.15, 0.2) is 11.6 Å². The molecule has 2 aromatic heterocycles. The average molecular weight is 443 g/mol. The molecule has 0 aliphatic carbocycles. The molecule has 0 saturated heterocycles. The number of ether oxygens (including phenoxy) is 1. The van der Waals surface area contributed by atoms with Crippen LogP contribution in [-0.2, 0) is 19.4 Å². The Kier molecular flexibility index (Phi) is 7.09. The van der Waals surface area contributed by atoms with Crippen molar-refractivity contribution < 1.29 is 14.6 Å². The standard InChI is InChI=1S/C26H26N4O3/c1-2-3-11-24-28-23(17-19-8-5-4-6-9-19)29-30(24)18-20-12-14-21(15-13-20)25-22(33-26(31)32)10-7-16-27-25/h4-10,12-16H,2-3,11,17-18H2,1H3,(H,31,32). The third-order valence-corrected chi connectivity index (χ3v) is 5.28. The van der Waals surface area contributed by atoms with Gasteiger partial charge in [-0.3, -0.25) is 4.98 Å². The van der Waals surface area contributed by atoms with E-state index in [0.29, 0.717) is 18.7 Å². The number of nitrogens with zero attached hydrogens (tertiary/aromatic N) is 4. The summed E-state index contributed by atoms with van der Waals surface area (Å²) in [6.45, 7) is 2.78.